The molecule has 0 radical (unpaired) electrons. The van der Waals surface area contributed by atoms with Crippen LogP contribution in [0.1, 0.15) is 17.3 Å². The molecule has 0 atom stereocenters. The number of piperazine rings is 1. The summed E-state index contributed by atoms with van der Waals surface area (Å²) in [5.74, 6) is 0.0476. The Kier molecular flexibility index (Phi) is 5.20. The van der Waals surface area contributed by atoms with Crippen LogP contribution in [0.25, 0.3) is 11.1 Å². The van der Waals surface area contributed by atoms with Gasteiger partial charge < -0.3 is 4.90 Å². The van der Waals surface area contributed by atoms with Crippen LogP contribution < -0.4 is 0 Å². The fourth-order valence-electron chi connectivity index (χ4n) is 3.00. The summed E-state index contributed by atoms with van der Waals surface area (Å²) in [6.07, 6.45) is 0. The topological polar surface area (TPSA) is 57.7 Å². The summed E-state index contributed by atoms with van der Waals surface area (Å²) in [7, 11) is -3.18. The molecule has 2 aromatic rings. The van der Waals surface area contributed by atoms with E-state index in [-0.39, 0.29) is 11.7 Å². The quantitative estimate of drug-likeness (QED) is 0.844. The first kappa shape index (κ1) is 17.6. The smallest absolute Gasteiger partial charge is 0.253 e. The summed E-state index contributed by atoms with van der Waals surface area (Å²) >= 11 is 0. The number of nitrogens with zero attached hydrogens (tertiary/aromatic N) is 2. The molecule has 0 spiro atoms. The first-order valence-corrected chi connectivity index (χ1v) is 10.0. The Morgan fingerprint density at radius 2 is 1.56 bits per heavy atom. The number of benzene rings is 2. The van der Waals surface area contributed by atoms with Crippen LogP contribution in [-0.2, 0) is 10.0 Å². The van der Waals surface area contributed by atoms with Gasteiger partial charge in [0.05, 0.1) is 5.75 Å². The van der Waals surface area contributed by atoms with Crippen LogP contribution in [-0.4, -0.2) is 55.5 Å². The molecule has 2 aromatic carbocycles. The van der Waals surface area contributed by atoms with E-state index in [1.807, 2.05) is 54.6 Å². The molecule has 0 aliphatic carbocycles. The SMILES string of the molecule is CCS(=O)(=O)N1CCN(C(=O)c2cccc(-c3ccccc3)c2)CC1. The summed E-state index contributed by atoms with van der Waals surface area (Å²) in [6, 6.07) is 17.5. The second kappa shape index (κ2) is 7.37. The number of hydrogen-bond acceptors (Lipinski definition) is 3. The average Bonchev–Trinajstić information content (AvgIpc) is 2.68. The number of sulfonamides is 1. The largest absolute Gasteiger partial charge is 0.336 e. The van der Waals surface area contributed by atoms with Gasteiger partial charge in [0.15, 0.2) is 0 Å². The van der Waals surface area contributed by atoms with Gasteiger partial charge in [-0.3, -0.25) is 4.79 Å². The highest BCUT2D eigenvalue weighted by Gasteiger charge is 2.28. The first-order chi connectivity index (χ1) is 12.0. The van der Waals surface area contributed by atoms with Crippen LogP contribution in [0.4, 0.5) is 0 Å². The fourth-order valence-corrected chi connectivity index (χ4v) is 4.08. The van der Waals surface area contributed by atoms with Crippen molar-refractivity contribution in [3.8, 4) is 11.1 Å². The minimum absolute atomic E-state index is 0.0497. The van der Waals surface area contributed by atoms with Crippen molar-refractivity contribution in [1.29, 1.82) is 0 Å². The van der Waals surface area contributed by atoms with E-state index in [1.165, 1.54) is 4.31 Å². The van der Waals surface area contributed by atoms with E-state index in [1.54, 1.807) is 11.8 Å². The molecule has 5 nitrogen and oxygen atoms in total. The van der Waals surface area contributed by atoms with Crippen molar-refractivity contribution in [2.75, 3.05) is 31.9 Å². The van der Waals surface area contributed by atoms with Crippen molar-refractivity contribution in [1.82, 2.24) is 9.21 Å². The molecule has 1 saturated heterocycles. The Hall–Kier alpha value is -2.18. The van der Waals surface area contributed by atoms with Crippen LogP contribution in [0.15, 0.2) is 54.6 Å². The molecule has 0 N–H and O–H groups in total. The van der Waals surface area contributed by atoms with Gasteiger partial charge in [0.25, 0.3) is 5.91 Å². The second-order valence-electron chi connectivity index (χ2n) is 6.04. The van der Waals surface area contributed by atoms with Gasteiger partial charge in [0.2, 0.25) is 10.0 Å². The van der Waals surface area contributed by atoms with E-state index >= 15 is 0 Å². The van der Waals surface area contributed by atoms with Crippen LogP contribution in [0.3, 0.4) is 0 Å². The van der Waals surface area contributed by atoms with Gasteiger partial charge in [-0.1, -0.05) is 42.5 Å². The molecule has 1 fully saturated rings. The summed E-state index contributed by atoms with van der Waals surface area (Å²) in [4.78, 5) is 14.5. The van der Waals surface area contributed by atoms with Crippen molar-refractivity contribution in [2.45, 2.75) is 6.92 Å². The van der Waals surface area contributed by atoms with E-state index in [0.717, 1.165) is 11.1 Å². The van der Waals surface area contributed by atoms with Crippen LogP contribution >= 0.6 is 0 Å². The molecule has 1 heterocycles. The van der Waals surface area contributed by atoms with Crippen LogP contribution in [0, 0.1) is 0 Å². The lowest BCUT2D eigenvalue weighted by Gasteiger charge is -2.33. The average molecular weight is 358 g/mol. The second-order valence-corrected chi connectivity index (χ2v) is 8.30. The van der Waals surface area contributed by atoms with Crippen molar-refractivity contribution >= 4 is 15.9 Å². The van der Waals surface area contributed by atoms with Gasteiger partial charge in [-0.2, -0.15) is 4.31 Å². The standard InChI is InChI=1S/C19H22N2O3S/c1-2-25(23,24)21-13-11-20(12-14-21)19(22)18-10-6-9-17(15-18)16-7-4-3-5-8-16/h3-10,15H,2,11-14H2,1H3. The first-order valence-electron chi connectivity index (χ1n) is 8.44. The van der Waals surface area contributed by atoms with Gasteiger partial charge in [0.1, 0.15) is 0 Å². The Morgan fingerprint density at radius 3 is 2.20 bits per heavy atom. The van der Waals surface area contributed by atoms with Crippen molar-refractivity contribution < 1.29 is 13.2 Å². The minimum atomic E-state index is -3.18. The van der Waals surface area contributed by atoms with E-state index in [0.29, 0.717) is 31.7 Å². The number of carbonyl (C=O) groups excluding carboxylic acids is 1. The Bertz CT molecular complexity index is 842. The van der Waals surface area contributed by atoms with Crippen molar-refractivity contribution in [2.24, 2.45) is 0 Å². The molecule has 1 amide bonds. The van der Waals surface area contributed by atoms with E-state index < -0.39 is 10.0 Å². The number of hydrogen-bond donors (Lipinski definition) is 0. The molecule has 0 aromatic heterocycles. The molecule has 0 unspecified atom stereocenters. The third-order valence-corrected chi connectivity index (χ3v) is 6.38. The van der Waals surface area contributed by atoms with Gasteiger partial charge in [-0.25, -0.2) is 8.42 Å². The van der Waals surface area contributed by atoms with Crippen LogP contribution in [0.2, 0.25) is 0 Å². The maximum atomic E-state index is 12.8. The lowest BCUT2D eigenvalue weighted by Crippen LogP contribution is -2.50. The minimum Gasteiger partial charge on any atom is -0.336 e. The molecular formula is C19H22N2O3S. The predicted molar refractivity (Wildman–Crippen MR) is 98.8 cm³/mol. The van der Waals surface area contributed by atoms with E-state index in [4.69, 9.17) is 0 Å². The van der Waals surface area contributed by atoms with E-state index in [2.05, 4.69) is 0 Å². The molecule has 0 saturated carbocycles. The van der Waals surface area contributed by atoms with Crippen molar-refractivity contribution in [3.63, 3.8) is 0 Å². The van der Waals surface area contributed by atoms with Gasteiger partial charge in [-0.15, -0.1) is 0 Å². The Balaban J connectivity index is 1.73. The molecule has 1 aliphatic rings. The maximum absolute atomic E-state index is 12.8. The maximum Gasteiger partial charge on any atom is 0.253 e. The van der Waals surface area contributed by atoms with Crippen molar-refractivity contribution in [3.05, 3.63) is 60.2 Å². The molecule has 1 aliphatic heterocycles. The summed E-state index contributed by atoms with van der Waals surface area (Å²) in [6.45, 7) is 3.21. The van der Waals surface area contributed by atoms with E-state index in [9.17, 15) is 13.2 Å². The highest BCUT2D eigenvalue weighted by Crippen LogP contribution is 2.21. The van der Waals surface area contributed by atoms with Crippen LogP contribution in [0.5, 0.6) is 0 Å². The summed E-state index contributed by atoms with van der Waals surface area (Å²) in [5, 5.41) is 0. The zero-order valence-corrected chi connectivity index (χ0v) is 15.1. The summed E-state index contributed by atoms with van der Waals surface area (Å²) in [5.41, 5.74) is 2.70. The fraction of sp³-hybridized carbons (Fsp3) is 0.316. The summed E-state index contributed by atoms with van der Waals surface area (Å²) < 4.78 is 25.3. The lowest BCUT2D eigenvalue weighted by molar-refractivity contribution is 0.0698. The van der Waals surface area contributed by atoms with Gasteiger partial charge >= 0.3 is 0 Å². The number of carbonyl (C=O) groups is 1. The molecular weight excluding hydrogens is 336 g/mol. The highest BCUT2D eigenvalue weighted by molar-refractivity contribution is 7.89. The van der Waals surface area contributed by atoms with Gasteiger partial charge in [0, 0.05) is 31.7 Å². The predicted octanol–water partition coefficient (Wildman–Crippen LogP) is 2.46. The lowest BCUT2D eigenvalue weighted by atomic mass is 10.0. The molecule has 6 heteroatoms. The molecule has 132 valence electrons. The van der Waals surface area contributed by atoms with Gasteiger partial charge in [-0.05, 0) is 30.2 Å². The highest BCUT2D eigenvalue weighted by atomic mass is 32.2. The zero-order valence-electron chi connectivity index (χ0n) is 14.3. The third kappa shape index (κ3) is 3.91. The molecule has 25 heavy (non-hydrogen) atoms. The Labute approximate surface area is 148 Å². The number of amides is 1. The molecule has 3 rings (SSSR count). The third-order valence-electron chi connectivity index (χ3n) is 4.50. The normalized spacial score (nSPS) is 16.0. The molecule has 0 bridgehead atoms. The monoisotopic (exact) mass is 358 g/mol. The number of rotatable bonds is 4. The Morgan fingerprint density at radius 1 is 0.920 bits per heavy atom. The zero-order chi connectivity index (χ0) is 17.9.